The molecule has 0 atom stereocenters. The fourth-order valence-electron chi connectivity index (χ4n) is 1.60. The van der Waals surface area contributed by atoms with Gasteiger partial charge in [0.2, 0.25) is 0 Å². The molecule has 0 radical (unpaired) electrons. The van der Waals surface area contributed by atoms with E-state index in [1.807, 2.05) is 19.9 Å². The molecule has 0 unspecified atom stereocenters. The number of aromatic nitrogens is 1. The summed E-state index contributed by atoms with van der Waals surface area (Å²) in [6.07, 6.45) is 1.79. The van der Waals surface area contributed by atoms with Crippen LogP contribution in [0.2, 0.25) is 0 Å². The molecule has 0 fully saturated rings. The van der Waals surface area contributed by atoms with Gasteiger partial charge in [-0.15, -0.1) is 0 Å². The monoisotopic (exact) mass is 182 g/mol. The lowest BCUT2D eigenvalue weighted by Crippen LogP contribution is -1.87. The van der Waals surface area contributed by atoms with Gasteiger partial charge in [-0.25, -0.2) is 0 Å². The molecule has 14 heavy (non-hydrogen) atoms. The molecule has 2 nitrogen and oxygen atoms in total. The molecule has 1 aromatic heterocycles. The van der Waals surface area contributed by atoms with Crippen molar-refractivity contribution in [2.75, 3.05) is 0 Å². The first-order valence-corrected chi connectivity index (χ1v) is 4.48. The summed E-state index contributed by atoms with van der Waals surface area (Å²) in [5, 5.41) is 9.98. The summed E-state index contributed by atoms with van der Waals surface area (Å²) in [7, 11) is 0. The number of pyridine rings is 1. The molecule has 68 valence electrons. The Balaban J connectivity index is 2.89. The van der Waals surface area contributed by atoms with Gasteiger partial charge in [0.25, 0.3) is 0 Å². The summed E-state index contributed by atoms with van der Waals surface area (Å²) in [4.78, 5) is 4.27. The first kappa shape index (κ1) is 8.71. The molecule has 1 aromatic carbocycles. The van der Waals surface area contributed by atoms with Gasteiger partial charge in [0, 0.05) is 11.6 Å². The Hall–Kier alpha value is -1.88. The van der Waals surface area contributed by atoms with Crippen molar-refractivity contribution in [3.05, 3.63) is 41.1 Å². The van der Waals surface area contributed by atoms with E-state index in [1.54, 1.807) is 6.20 Å². The summed E-state index contributed by atoms with van der Waals surface area (Å²) in [5.41, 5.74) is 3.66. The average molecular weight is 182 g/mol. The molecule has 0 spiro atoms. The number of nitrogens with zero attached hydrogens (tertiary/aromatic N) is 2. The van der Waals surface area contributed by atoms with Crippen LogP contribution in [-0.4, -0.2) is 4.98 Å². The zero-order valence-corrected chi connectivity index (χ0v) is 8.20. The second-order valence-corrected chi connectivity index (χ2v) is 3.51. The van der Waals surface area contributed by atoms with Crippen LogP contribution in [0, 0.1) is 25.2 Å². The summed E-state index contributed by atoms with van der Waals surface area (Å²) < 4.78 is 0. The minimum Gasteiger partial charge on any atom is -0.255 e. The molecule has 0 amide bonds. The van der Waals surface area contributed by atoms with Crippen molar-refractivity contribution < 1.29 is 0 Å². The predicted octanol–water partition coefficient (Wildman–Crippen LogP) is 2.72. The fourth-order valence-corrected chi connectivity index (χ4v) is 1.60. The lowest BCUT2D eigenvalue weighted by atomic mass is 10.1. The maximum absolute atomic E-state index is 8.94. The topological polar surface area (TPSA) is 36.7 Å². The molecule has 0 aliphatic carbocycles. The minimum absolute atomic E-state index is 0.653. The minimum atomic E-state index is 0.653. The second kappa shape index (κ2) is 3.12. The number of hydrogen-bond acceptors (Lipinski definition) is 2. The van der Waals surface area contributed by atoms with Crippen LogP contribution in [-0.2, 0) is 0 Å². The van der Waals surface area contributed by atoms with Crippen molar-refractivity contribution in [2.45, 2.75) is 13.8 Å². The lowest BCUT2D eigenvalue weighted by molar-refractivity contribution is 1.31. The summed E-state index contributed by atoms with van der Waals surface area (Å²) in [6.45, 7) is 3.99. The molecule has 2 aromatic rings. The Bertz CT molecular complexity index is 530. The number of hydrogen-bond donors (Lipinski definition) is 0. The Kier molecular flexibility index (Phi) is 1.94. The van der Waals surface area contributed by atoms with E-state index in [2.05, 4.69) is 23.2 Å². The fraction of sp³-hybridized carbons (Fsp3) is 0.167. The van der Waals surface area contributed by atoms with Crippen molar-refractivity contribution in [1.29, 1.82) is 5.26 Å². The third-order valence-corrected chi connectivity index (χ3v) is 2.18. The van der Waals surface area contributed by atoms with Gasteiger partial charge in [-0.1, -0.05) is 0 Å². The summed E-state index contributed by atoms with van der Waals surface area (Å²) in [5.74, 6) is 0. The molecular formula is C12H10N2. The maximum Gasteiger partial charge on any atom is 0.101 e. The zero-order chi connectivity index (χ0) is 10.1. The van der Waals surface area contributed by atoms with E-state index in [0.29, 0.717) is 5.56 Å². The van der Waals surface area contributed by atoms with Crippen LogP contribution in [0.4, 0.5) is 0 Å². The van der Waals surface area contributed by atoms with E-state index < -0.39 is 0 Å². The van der Waals surface area contributed by atoms with Gasteiger partial charge in [0.05, 0.1) is 11.1 Å². The Morgan fingerprint density at radius 3 is 2.57 bits per heavy atom. The van der Waals surface area contributed by atoms with E-state index in [0.717, 1.165) is 22.0 Å². The van der Waals surface area contributed by atoms with E-state index in [-0.39, 0.29) is 0 Å². The summed E-state index contributed by atoms with van der Waals surface area (Å²) in [6, 6.07) is 8.14. The third kappa shape index (κ3) is 1.33. The lowest BCUT2D eigenvalue weighted by Gasteiger charge is -2.02. The number of fused-ring (bicyclic) bond motifs is 1. The SMILES string of the molecule is Cc1cnc2c(C#N)cc(C)cc2c1. The number of aryl methyl sites for hydroxylation is 2. The molecule has 0 saturated heterocycles. The van der Waals surface area contributed by atoms with Gasteiger partial charge in [-0.05, 0) is 43.2 Å². The maximum atomic E-state index is 8.94. The molecule has 2 rings (SSSR count). The van der Waals surface area contributed by atoms with E-state index in [1.165, 1.54) is 0 Å². The van der Waals surface area contributed by atoms with Crippen molar-refractivity contribution in [3.63, 3.8) is 0 Å². The quantitative estimate of drug-likeness (QED) is 0.628. The van der Waals surface area contributed by atoms with Crippen molar-refractivity contribution in [3.8, 4) is 6.07 Å². The molecular weight excluding hydrogens is 172 g/mol. The number of rotatable bonds is 0. The second-order valence-electron chi connectivity index (χ2n) is 3.51. The predicted molar refractivity (Wildman–Crippen MR) is 55.9 cm³/mol. The molecule has 0 aliphatic rings. The van der Waals surface area contributed by atoms with Crippen molar-refractivity contribution in [1.82, 2.24) is 4.98 Å². The molecule has 0 aliphatic heterocycles. The molecule has 2 heteroatoms. The Labute approximate surface area is 82.8 Å². The van der Waals surface area contributed by atoms with Gasteiger partial charge in [0.1, 0.15) is 6.07 Å². The third-order valence-electron chi connectivity index (χ3n) is 2.18. The van der Waals surface area contributed by atoms with Crippen molar-refractivity contribution in [2.24, 2.45) is 0 Å². The molecule has 0 N–H and O–H groups in total. The van der Waals surface area contributed by atoms with E-state index in [4.69, 9.17) is 5.26 Å². The van der Waals surface area contributed by atoms with Gasteiger partial charge in [-0.3, -0.25) is 4.98 Å². The van der Waals surface area contributed by atoms with Crippen LogP contribution < -0.4 is 0 Å². The van der Waals surface area contributed by atoms with E-state index in [9.17, 15) is 0 Å². The highest BCUT2D eigenvalue weighted by Crippen LogP contribution is 2.19. The molecule has 1 heterocycles. The zero-order valence-electron chi connectivity index (χ0n) is 8.20. The standard InChI is InChI=1S/C12H10N2/c1-8-3-10-5-9(2)7-14-12(10)11(4-8)6-13/h3-5,7H,1-2H3. The van der Waals surface area contributed by atoms with E-state index >= 15 is 0 Å². The Morgan fingerprint density at radius 1 is 1.14 bits per heavy atom. The highest BCUT2D eigenvalue weighted by molar-refractivity contribution is 5.85. The van der Waals surface area contributed by atoms with Crippen LogP contribution in [0.3, 0.4) is 0 Å². The van der Waals surface area contributed by atoms with Gasteiger partial charge in [0.15, 0.2) is 0 Å². The largest absolute Gasteiger partial charge is 0.255 e. The molecule has 0 bridgehead atoms. The van der Waals surface area contributed by atoms with Crippen LogP contribution >= 0.6 is 0 Å². The number of benzene rings is 1. The van der Waals surface area contributed by atoms with Gasteiger partial charge < -0.3 is 0 Å². The highest BCUT2D eigenvalue weighted by Gasteiger charge is 2.02. The van der Waals surface area contributed by atoms with Crippen LogP contribution in [0.25, 0.3) is 10.9 Å². The first-order chi connectivity index (χ1) is 6.70. The van der Waals surface area contributed by atoms with Gasteiger partial charge in [-0.2, -0.15) is 5.26 Å². The normalized spacial score (nSPS) is 10.1. The number of nitriles is 1. The van der Waals surface area contributed by atoms with Crippen LogP contribution in [0.15, 0.2) is 24.4 Å². The Morgan fingerprint density at radius 2 is 1.86 bits per heavy atom. The highest BCUT2D eigenvalue weighted by atomic mass is 14.7. The summed E-state index contributed by atoms with van der Waals surface area (Å²) >= 11 is 0. The first-order valence-electron chi connectivity index (χ1n) is 4.48. The smallest absolute Gasteiger partial charge is 0.101 e. The van der Waals surface area contributed by atoms with Crippen LogP contribution in [0.1, 0.15) is 16.7 Å². The van der Waals surface area contributed by atoms with Gasteiger partial charge >= 0.3 is 0 Å². The molecule has 0 saturated carbocycles. The van der Waals surface area contributed by atoms with Crippen molar-refractivity contribution >= 4 is 10.9 Å². The van der Waals surface area contributed by atoms with Crippen LogP contribution in [0.5, 0.6) is 0 Å². The average Bonchev–Trinajstić information content (AvgIpc) is 2.15.